The van der Waals surface area contributed by atoms with Gasteiger partial charge in [-0.25, -0.2) is 4.99 Å². The first-order valence-electron chi connectivity index (χ1n) is 7.59. The topological polar surface area (TPSA) is 50.7 Å². The van der Waals surface area contributed by atoms with E-state index < -0.39 is 0 Å². The molecule has 0 radical (unpaired) electrons. The molecule has 0 saturated heterocycles. The Labute approximate surface area is 129 Å². The molecule has 0 aliphatic heterocycles. The van der Waals surface area contributed by atoms with Crippen LogP contribution in [0.15, 0.2) is 28.6 Å². The summed E-state index contributed by atoms with van der Waals surface area (Å²) in [4.78, 5) is 15.4. The maximum Gasteiger partial charge on any atom is 0.212 e. The highest BCUT2D eigenvalue weighted by Crippen LogP contribution is 2.10. The molecule has 21 heavy (non-hydrogen) atoms. The Morgan fingerprint density at radius 2 is 1.90 bits per heavy atom. The Morgan fingerprint density at radius 1 is 1.24 bits per heavy atom. The second kappa shape index (κ2) is 11.3. The number of aliphatic imine (C=N–C) groups is 1. The highest BCUT2D eigenvalue weighted by molar-refractivity contribution is 5.80. The lowest BCUT2D eigenvalue weighted by Gasteiger charge is -2.09. The van der Waals surface area contributed by atoms with Crippen molar-refractivity contribution < 1.29 is 9.53 Å². The van der Waals surface area contributed by atoms with E-state index in [4.69, 9.17) is 4.74 Å². The van der Waals surface area contributed by atoms with Crippen LogP contribution in [0.1, 0.15) is 47.5 Å². The minimum atomic E-state index is 0.107. The molecule has 0 heterocycles. The summed E-state index contributed by atoms with van der Waals surface area (Å²) in [7, 11) is 0. The van der Waals surface area contributed by atoms with Gasteiger partial charge in [-0.15, -0.1) is 0 Å². The number of carbonyl (C=O) groups is 1. The summed E-state index contributed by atoms with van der Waals surface area (Å²) < 4.78 is 5.51. The van der Waals surface area contributed by atoms with Crippen LogP contribution in [0, 0.1) is 5.92 Å². The highest BCUT2D eigenvalue weighted by atomic mass is 16.5. The molecule has 0 atom stereocenters. The van der Waals surface area contributed by atoms with Crippen molar-refractivity contribution in [2.45, 2.75) is 53.5 Å². The van der Waals surface area contributed by atoms with Crippen LogP contribution in [0.5, 0.6) is 0 Å². The van der Waals surface area contributed by atoms with Gasteiger partial charge in [0.25, 0.3) is 0 Å². The number of ketones is 1. The first kappa shape index (κ1) is 19.6. The number of nitrogens with one attached hydrogen (secondary N) is 1. The van der Waals surface area contributed by atoms with E-state index in [-0.39, 0.29) is 5.92 Å². The van der Waals surface area contributed by atoms with Gasteiger partial charge in [0.15, 0.2) is 0 Å². The molecule has 0 rings (SSSR count). The molecule has 0 aliphatic carbocycles. The minimum absolute atomic E-state index is 0.107. The molecule has 4 nitrogen and oxygen atoms in total. The number of hydrogen-bond acceptors (Lipinski definition) is 4. The van der Waals surface area contributed by atoms with E-state index in [1.807, 2.05) is 26.8 Å². The molecule has 0 unspecified atom stereocenters. The van der Waals surface area contributed by atoms with Crippen molar-refractivity contribution in [1.29, 1.82) is 0 Å². The molecule has 0 aromatic carbocycles. The zero-order valence-corrected chi connectivity index (χ0v) is 14.1. The van der Waals surface area contributed by atoms with Gasteiger partial charge in [0, 0.05) is 31.0 Å². The van der Waals surface area contributed by atoms with E-state index in [0.29, 0.717) is 30.7 Å². The molecule has 0 amide bonds. The van der Waals surface area contributed by atoms with Crippen molar-refractivity contribution >= 4 is 12.5 Å². The number of Topliss-reactive ketones (excluding diaryl/α,β-unsaturated/α-hetero) is 1. The van der Waals surface area contributed by atoms with Crippen molar-refractivity contribution in [1.82, 2.24) is 5.32 Å². The number of carbonyl (C=O) groups excluding carboxylic acids is 1. The maximum absolute atomic E-state index is 11.6. The number of rotatable bonds is 11. The predicted octanol–water partition coefficient (Wildman–Crippen LogP) is 3.49. The zero-order valence-electron chi connectivity index (χ0n) is 14.1. The van der Waals surface area contributed by atoms with E-state index in [1.54, 1.807) is 6.08 Å². The van der Waals surface area contributed by atoms with Gasteiger partial charge in [0.1, 0.15) is 12.4 Å². The lowest BCUT2D eigenvalue weighted by Crippen LogP contribution is -2.26. The van der Waals surface area contributed by atoms with Crippen LogP contribution in [0.4, 0.5) is 0 Å². The highest BCUT2D eigenvalue weighted by Gasteiger charge is 2.06. The normalized spacial score (nSPS) is 12.9. The van der Waals surface area contributed by atoms with Gasteiger partial charge in [0.05, 0.1) is 0 Å². The van der Waals surface area contributed by atoms with Crippen LogP contribution in [0.3, 0.4) is 0 Å². The second-order valence-electron chi connectivity index (χ2n) is 5.75. The Hall–Kier alpha value is -1.42. The number of allylic oxidation sites excluding steroid dienone is 3. The van der Waals surface area contributed by atoms with Crippen molar-refractivity contribution in [2.75, 3.05) is 13.2 Å². The molecule has 4 heteroatoms. The third-order valence-corrected chi connectivity index (χ3v) is 2.98. The third-order valence-electron chi connectivity index (χ3n) is 2.98. The summed E-state index contributed by atoms with van der Waals surface area (Å²) in [5.74, 6) is 0.912. The molecule has 120 valence electrons. The number of nitrogens with zero attached hydrogens (tertiary/aromatic N) is 1. The molecule has 0 aliphatic rings. The Bertz CT molecular complexity index is 382. The monoisotopic (exact) mass is 294 g/mol. The fourth-order valence-corrected chi connectivity index (χ4v) is 1.56. The molecule has 0 bridgehead atoms. The van der Waals surface area contributed by atoms with Crippen molar-refractivity contribution in [3.8, 4) is 0 Å². The molecule has 0 aromatic rings. The Morgan fingerprint density at radius 3 is 2.43 bits per heavy atom. The van der Waals surface area contributed by atoms with Gasteiger partial charge in [-0.2, -0.15) is 0 Å². The summed E-state index contributed by atoms with van der Waals surface area (Å²) in [6, 6.07) is 0.443. The van der Waals surface area contributed by atoms with E-state index in [1.165, 1.54) is 0 Å². The largest absolute Gasteiger partial charge is 0.476 e. The van der Waals surface area contributed by atoms with Crippen LogP contribution < -0.4 is 5.32 Å². The summed E-state index contributed by atoms with van der Waals surface area (Å²) in [6.07, 6.45) is 5.10. The lowest BCUT2D eigenvalue weighted by atomic mass is 10.0. The zero-order chi connectivity index (χ0) is 16.3. The number of ether oxygens (including phenoxy) is 1. The summed E-state index contributed by atoms with van der Waals surface area (Å²) in [5.41, 5.74) is 1.13. The Balaban J connectivity index is 4.21. The lowest BCUT2D eigenvalue weighted by molar-refractivity contribution is -0.121. The molecule has 0 aromatic heterocycles. The third kappa shape index (κ3) is 11.0. The van der Waals surface area contributed by atoms with Crippen molar-refractivity contribution in [3.05, 3.63) is 23.6 Å². The smallest absolute Gasteiger partial charge is 0.212 e. The van der Waals surface area contributed by atoms with E-state index in [2.05, 4.69) is 30.9 Å². The molecular weight excluding hydrogens is 264 g/mol. The first-order chi connectivity index (χ1) is 9.86. The summed E-state index contributed by atoms with van der Waals surface area (Å²) in [5, 5.41) is 3.27. The fraction of sp³-hybridized carbons (Fsp3) is 0.647. The van der Waals surface area contributed by atoms with Crippen LogP contribution >= 0.6 is 0 Å². The quantitative estimate of drug-likeness (QED) is 0.275. The van der Waals surface area contributed by atoms with Gasteiger partial charge in [-0.3, -0.25) is 4.79 Å². The Kier molecular flexibility index (Phi) is 10.5. The van der Waals surface area contributed by atoms with Crippen LogP contribution in [-0.2, 0) is 9.53 Å². The van der Waals surface area contributed by atoms with Gasteiger partial charge in [-0.1, -0.05) is 39.3 Å². The fourth-order valence-electron chi connectivity index (χ4n) is 1.56. The molecule has 1 N–H and O–H groups in total. The van der Waals surface area contributed by atoms with E-state index >= 15 is 0 Å². The predicted molar refractivity (Wildman–Crippen MR) is 89.6 cm³/mol. The van der Waals surface area contributed by atoms with Gasteiger partial charge in [-0.05, 0) is 20.1 Å². The molecule has 0 spiro atoms. The summed E-state index contributed by atoms with van der Waals surface area (Å²) in [6.45, 7) is 14.9. The molecular formula is C17H30N2O2. The SMILES string of the molecule is C=N/C(=C\C=C(/C)CCC(=O)C(C)C)OCCNC(C)C. The van der Waals surface area contributed by atoms with Crippen molar-refractivity contribution in [3.63, 3.8) is 0 Å². The molecule has 0 fully saturated rings. The van der Waals surface area contributed by atoms with Crippen LogP contribution in [0.25, 0.3) is 0 Å². The number of hydrogen-bond donors (Lipinski definition) is 1. The first-order valence-corrected chi connectivity index (χ1v) is 7.59. The summed E-state index contributed by atoms with van der Waals surface area (Å²) >= 11 is 0. The van der Waals surface area contributed by atoms with Crippen molar-refractivity contribution in [2.24, 2.45) is 10.9 Å². The van der Waals surface area contributed by atoms with Crippen LogP contribution in [-0.4, -0.2) is 31.7 Å². The van der Waals surface area contributed by atoms with Gasteiger partial charge in [0.2, 0.25) is 5.88 Å². The maximum atomic E-state index is 11.6. The standard InChI is InChI=1S/C17H30N2O2/c1-13(2)16(20)9-7-15(5)8-10-17(18-6)21-12-11-19-14(3)4/h8,10,13-14,19H,6-7,9,11-12H2,1-5H3/b15-8+,17-10+. The van der Waals surface area contributed by atoms with E-state index in [0.717, 1.165) is 18.5 Å². The molecule has 0 saturated carbocycles. The average molecular weight is 294 g/mol. The van der Waals surface area contributed by atoms with Gasteiger partial charge >= 0.3 is 0 Å². The average Bonchev–Trinajstić information content (AvgIpc) is 2.43. The van der Waals surface area contributed by atoms with Crippen LogP contribution in [0.2, 0.25) is 0 Å². The van der Waals surface area contributed by atoms with E-state index in [9.17, 15) is 4.79 Å². The van der Waals surface area contributed by atoms with Gasteiger partial charge < -0.3 is 10.1 Å². The minimum Gasteiger partial charge on any atom is -0.476 e. The second-order valence-corrected chi connectivity index (χ2v) is 5.75.